The van der Waals surface area contributed by atoms with E-state index in [2.05, 4.69) is 30.2 Å². The van der Waals surface area contributed by atoms with E-state index in [0.29, 0.717) is 23.0 Å². The third-order valence-electron chi connectivity index (χ3n) is 5.97. The Balaban J connectivity index is 2.02. The highest BCUT2D eigenvalue weighted by Gasteiger charge is 2.25. The van der Waals surface area contributed by atoms with Gasteiger partial charge in [-0.1, -0.05) is 40.0 Å². The van der Waals surface area contributed by atoms with Gasteiger partial charge >= 0.3 is 5.69 Å². The van der Waals surface area contributed by atoms with E-state index in [-0.39, 0.29) is 11.2 Å². The Labute approximate surface area is 167 Å². The van der Waals surface area contributed by atoms with E-state index >= 15 is 0 Å². The molecule has 2 aromatic heterocycles. The molecule has 7 heteroatoms. The number of rotatable bonds is 7. The molecule has 1 fully saturated rings. The lowest BCUT2D eigenvalue weighted by atomic mass is 9.92. The number of hydrogen-bond acceptors (Lipinski definition) is 4. The van der Waals surface area contributed by atoms with Crippen LogP contribution in [0.1, 0.15) is 58.7 Å². The summed E-state index contributed by atoms with van der Waals surface area (Å²) < 4.78 is 4.78. The standard InChI is InChI=1S/C21H35N5O2/c1-6-7-8-9-10-26-17(14-25-12-15(2)11-16(3)13-25)22-19-18(26)20(27)24(5)21(28)23(19)4/h15-16H,6-14H2,1-5H3/t15-,16-/m1/s1. The molecule has 156 valence electrons. The van der Waals surface area contributed by atoms with Crippen LogP contribution in [0.4, 0.5) is 0 Å². The van der Waals surface area contributed by atoms with Crippen LogP contribution in [0.25, 0.3) is 11.2 Å². The lowest BCUT2D eigenvalue weighted by Gasteiger charge is -2.34. The quantitative estimate of drug-likeness (QED) is 0.683. The van der Waals surface area contributed by atoms with Crippen molar-refractivity contribution in [1.29, 1.82) is 0 Å². The second kappa shape index (κ2) is 8.64. The average molecular weight is 390 g/mol. The molecule has 0 unspecified atom stereocenters. The molecule has 7 nitrogen and oxygen atoms in total. The van der Waals surface area contributed by atoms with Crippen LogP contribution >= 0.6 is 0 Å². The molecule has 0 radical (unpaired) electrons. The molecule has 0 amide bonds. The van der Waals surface area contributed by atoms with Crippen LogP contribution in [0.3, 0.4) is 0 Å². The molecule has 3 heterocycles. The number of unbranched alkanes of at least 4 members (excludes halogenated alkanes) is 3. The number of aromatic nitrogens is 4. The maximum Gasteiger partial charge on any atom is 0.332 e. The van der Waals surface area contributed by atoms with Crippen LogP contribution in [0, 0.1) is 11.8 Å². The van der Waals surface area contributed by atoms with Crippen molar-refractivity contribution < 1.29 is 0 Å². The Morgan fingerprint density at radius 2 is 1.68 bits per heavy atom. The van der Waals surface area contributed by atoms with Gasteiger partial charge in [0, 0.05) is 33.7 Å². The van der Waals surface area contributed by atoms with Crippen molar-refractivity contribution >= 4 is 11.2 Å². The molecule has 0 aliphatic carbocycles. The van der Waals surface area contributed by atoms with Gasteiger partial charge in [0.1, 0.15) is 5.82 Å². The number of imidazole rings is 1. The van der Waals surface area contributed by atoms with Crippen LogP contribution in [-0.2, 0) is 27.2 Å². The summed E-state index contributed by atoms with van der Waals surface area (Å²) >= 11 is 0. The highest BCUT2D eigenvalue weighted by atomic mass is 16.2. The number of aryl methyl sites for hydroxylation is 2. The minimum Gasteiger partial charge on any atom is -0.321 e. The lowest BCUT2D eigenvalue weighted by Crippen LogP contribution is -2.39. The van der Waals surface area contributed by atoms with Crippen LogP contribution in [0.15, 0.2) is 9.59 Å². The fourth-order valence-corrected chi connectivity index (χ4v) is 4.67. The third kappa shape index (κ3) is 4.09. The SMILES string of the molecule is CCCCCCn1c(CN2C[C@H](C)C[C@@H](C)C2)nc2c1c(=O)n(C)c(=O)n2C. The van der Waals surface area contributed by atoms with Crippen molar-refractivity contribution in [2.75, 3.05) is 13.1 Å². The van der Waals surface area contributed by atoms with Gasteiger partial charge in [0.2, 0.25) is 0 Å². The van der Waals surface area contributed by atoms with Gasteiger partial charge in [-0.15, -0.1) is 0 Å². The molecular weight excluding hydrogens is 354 g/mol. The molecule has 0 saturated carbocycles. The zero-order valence-corrected chi connectivity index (χ0v) is 18.1. The first-order chi connectivity index (χ1) is 13.3. The maximum absolute atomic E-state index is 12.9. The van der Waals surface area contributed by atoms with Crippen LogP contribution in [0.5, 0.6) is 0 Å². The van der Waals surface area contributed by atoms with Crippen LogP contribution < -0.4 is 11.2 Å². The molecule has 3 rings (SSSR count). The van der Waals surface area contributed by atoms with Crippen LogP contribution in [0.2, 0.25) is 0 Å². The average Bonchev–Trinajstić information content (AvgIpc) is 2.99. The second-order valence-electron chi connectivity index (χ2n) is 8.76. The zero-order chi connectivity index (χ0) is 20.4. The summed E-state index contributed by atoms with van der Waals surface area (Å²) in [5.74, 6) is 2.25. The summed E-state index contributed by atoms with van der Waals surface area (Å²) in [5.41, 5.74) is 0.513. The van der Waals surface area contributed by atoms with E-state index in [1.54, 1.807) is 14.1 Å². The van der Waals surface area contributed by atoms with Crippen molar-refractivity contribution in [3.63, 3.8) is 0 Å². The molecule has 2 aromatic rings. The van der Waals surface area contributed by atoms with E-state index in [4.69, 9.17) is 4.98 Å². The van der Waals surface area contributed by atoms with Gasteiger partial charge in [-0.2, -0.15) is 0 Å². The minimum atomic E-state index is -0.320. The van der Waals surface area contributed by atoms with Gasteiger partial charge in [-0.25, -0.2) is 9.78 Å². The first-order valence-electron chi connectivity index (χ1n) is 10.7. The number of piperidine rings is 1. The van der Waals surface area contributed by atoms with E-state index in [0.717, 1.165) is 44.8 Å². The predicted octanol–water partition coefficient (Wildman–Crippen LogP) is 2.49. The van der Waals surface area contributed by atoms with E-state index in [9.17, 15) is 9.59 Å². The van der Waals surface area contributed by atoms with Gasteiger partial charge in [0.25, 0.3) is 5.56 Å². The second-order valence-corrected chi connectivity index (χ2v) is 8.76. The van der Waals surface area contributed by atoms with Gasteiger partial charge in [-0.05, 0) is 24.7 Å². The lowest BCUT2D eigenvalue weighted by molar-refractivity contribution is 0.130. The topological polar surface area (TPSA) is 65.1 Å². The first-order valence-corrected chi connectivity index (χ1v) is 10.7. The molecular formula is C21H35N5O2. The molecule has 0 N–H and O–H groups in total. The molecule has 1 saturated heterocycles. The summed E-state index contributed by atoms with van der Waals surface area (Å²) in [5, 5.41) is 0. The fourth-order valence-electron chi connectivity index (χ4n) is 4.67. The molecule has 0 bridgehead atoms. The fraction of sp³-hybridized carbons (Fsp3) is 0.762. The van der Waals surface area contributed by atoms with Crippen molar-refractivity contribution in [1.82, 2.24) is 23.6 Å². The summed E-state index contributed by atoms with van der Waals surface area (Å²) in [7, 11) is 3.25. The summed E-state index contributed by atoms with van der Waals surface area (Å²) in [4.78, 5) is 32.5. The van der Waals surface area contributed by atoms with Gasteiger partial charge in [0.05, 0.1) is 6.54 Å². The maximum atomic E-state index is 12.9. The van der Waals surface area contributed by atoms with Crippen molar-refractivity contribution in [2.24, 2.45) is 25.9 Å². The normalized spacial score (nSPS) is 20.9. The Hall–Kier alpha value is -1.89. The number of likely N-dealkylation sites (tertiary alicyclic amines) is 1. The number of fused-ring (bicyclic) bond motifs is 1. The smallest absolute Gasteiger partial charge is 0.321 e. The van der Waals surface area contributed by atoms with E-state index < -0.39 is 0 Å². The number of nitrogens with zero attached hydrogens (tertiary/aromatic N) is 5. The minimum absolute atomic E-state index is 0.243. The largest absolute Gasteiger partial charge is 0.332 e. The number of hydrogen-bond donors (Lipinski definition) is 0. The highest BCUT2D eigenvalue weighted by Crippen LogP contribution is 2.23. The van der Waals surface area contributed by atoms with E-state index in [1.165, 1.54) is 28.4 Å². The zero-order valence-electron chi connectivity index (χ0n) is 18.1. The Bertz CT molecular complexity index is 929. The van der Waals surface area contributed by atoms with E-state index in [1.807, 2.05) is 0 Å². The Morgan fingerprint density at radius 1 is 1.00 bits per heavy atom. The third-order valence-corrected chi connectivity index (χ3v) is 5.97. The summed E-state index contributed by atoms with van der Waals surface area (Å²) in [6.07, 6.45) is 5.79. The van der Waals surface area contributed by atoms with Crippen molar-refractivity contribution in [3.8, 4) is 0 Å². The van der Waals surface area contributed by atoms with Crippen molar-refractivity contribution in [2.45, 2.75) is 66.0 Å². The molecule has 0 spiro atoms. The Morgan fingerprint density at radius 3 is 2.32 bits per heavy atom. The molecule has 1 aliphatic heterocycles. The predicted molar refractivity (Wildman–Crippen MR) is 113 cm³/mol. The van der Waals surface area contributed by atoms with Gasteiger partial charge < -0.3 is 4.57 Å². The first kappa shape index (κ1) is 20.8. The van der Waals surface area contributed by atoms with Gasteiger partial charge in [-0.3, -0.25) is 18.8 Å². The van der Waals surface area contributed by atoms with Gasteiger partial charge in [0.15, 0.2) is 11.2 Å². The molecule has 28 heavy (non-hydrogen) atoms. The summed E-state index contributed by atoms with van der Waals surface area (Å²) in [6, 6.07) is 0. The molecule has 2 atom stereocenters. The monoisotopic (exact) mass is 389 g/mol. The molecule has 1 aliphatic rings. The van der Waals surface area contributed by atoms with Crippen molar-refractivity contribution in [3.05, 3.63) is 26.7 Å². The highest BCUT2D eigenvalue weighted by molar-refractivity contribution is 5.71. The Kier molecular flexibility index (Phi) is 6.43. The van der Waals surface area contributed by atoms with Crippen LogP contribution in [-0.4, -0.2) is 36.7 Å². The summed E-state index contributed by atoms with van der Waals surface area (Å²) in [6.45, 7) is 10.4. The molecule has 0 aromatic carbocycles.